The summed E-state index contributed by atoms with van der Waals surface area (Å²) in [4.78, 5) is 38.8. The molecule has 1 aromatic heterocycles. The molecule has 1 aromatic rings. The van der Waals surface area contributed by atoms with Crippen molar-refractivity contribution < 1.29 is 14.5 Å². The maximum atomic E-state index is 11.8. The topological polar surface area (TPSA) is 131 Å². The van der Waals surface area contributed by atoms with Crippen molar-refractivity contribution in [2.24, 2.45) is 0 Å². The van der Waals surface area contributed by atoms with Crippen LogP contribution in [-0.4, -0.2) is 34.3 Å². The maximum absolute atomic E-state index is 11.8. The first-order valence-electron chi connectivity index (χ1n) is 5.94. The Kier molecular flexibility index (Phi) is 3.51. The highest BCUT2D eigenvalue weighted by Crippen LogP contribution is 2.25. The third kappa shape index (κ3) is 2.51. The Bertz CT molecular complexity index is 588. The van der Waals surface area contributed by atoms with Gasteiger partial charge in [-0.1, -0.05) is 6.92 Å². The van der Waals surface area contributed by atoms with Gasteiger partial charge in [-0.05, 0) is 6.42 Å². The van der Waals surface area contributed by atoms with Crippen LogP contribution in [0.1, 0.15) is 13.3 Å². The Morgan fingerprint density at radius 2 is 2.25 bits per heavy atom. The van der Waals surface area contributed by atoms with Gasteiger partial charge in [0.05, 0.1) is 23.6 Å². The van der Waals surface area contributed by atoms with Crippen LogP contribution in [0.15, 0.2) is 12.1 Å². The van der Waals surface area contributed by atoms with Crippen molar-refractivity contribution in [2.75, 3.05) is 17.2 Å². The number of aromatic nitrogens is 1. The van der Waals surface area contributed by atoms with Crippen LogP contribution >= 0.6 is 0 Å². The molecular weight excluding hydrogens is 266 g/mol. The standard InChI is InChI=1S/C11H13N5O4/c1-2-7-11(18)14-10(17)5-15(7)9-4-6(16(19)20)3-8(12)13-9/h3-4,7H,2,5H2,1H3,(H2,12,13)(H,14,17,18). The van der Waals surface area contributed by atoms with Gasteiger partial charge < -0.3 is 10.6 Å². The number of imide groups is 1. The highest BCUT2D eigenvalue weighted by atomic mass is 16.6. The SMILES string of the molecule is CCC1C(=O)NC(=O)CN1c1cc([N+](=O)[O-])cc(N)n1. The van der Waals surface area contributed by atoms with Crippen LogP contribution in [0.3, 0.4) is 0 Å². The molecule has 0 saturated carbocycles. The van der Waals surface area contributed by atoms with E-state index in [1.165, 1.54) is 11.0 Å². The second kappa shape index (κ2) is 5.11. The molecular formula is C11H13N5O4. The summed E-state index contributed by atoms with van der Waals surface area (Å²) in [6.45, 7) is 1.67. The van der Waals surface area contributed by atoms with E-state index in [-0.39, 0.29) is 23.9 Å². The predicted octanol–water partition coefficient (Wildman–Crippen LogP) is -0.187. The molecule has 3 N–H and O–H groups in total. The second-order valence-electron chi connectivity index (χ2n) is 4.33. The average molecular weight is 279 g/mol. The molecule has 1 fully saturated rings. The molecule has 106 valence electrons. The predicted molar refractivity (Wildman–Crippen MR) is 69.9 cm³/mol. The number of nitrogens with zero attached hydrogens (tertiary/aromatic N) is 3. The first kappa shape index (κ1) is 13.7. The van der Waals surface area contributed by atoms with E-state index >= 15 is 0 Å². The summed E-state index contributed by atoms with van der Waals surface area (Å²) in [6.07, 6.45) is 0.434. The van der Waals surface area contributed by atoms with E-state index < -0.39 is 22.8 Å². The molecule has 0 bridgehead atoms. The van der Waals surface area contributed by atoms with Crippen molar-refractivity contribution in [3.63, 3.8) is 0 Å². The quantitative estimate of drug-likeness (QED) is 0.445. The fourth-order valence-corrected chi connectivity index (χ4v) is 2.09. The molecule has 1 atom stereocenters. The van der Waals surface area contributed by atoms with E-state index in [4.69, 9.17) is 5.73 Å². The zero-order valence-electron chi connectivity index (χ0n) is 10.7. The number of piperazine rings is 1. The Hall–Kier alpha value is -2.71. The van der Waals surface area contributed by atoms with E-state index in [9.17, 15) is 19.7 Å². The van der Waals surface area contributed by atoms with Gasteiger partial charge in [0, 0.05) is 0 Å². The number of nitrogens with two attached hydrogens (primary N) is 1. The van der Waals surface area contributed by atoms with Crippen LogP contribution in [0.25, 0.3) is 0 Å². The van der Waals surface area contributed by atoms with Crippen molar-refractivity contribution in [1.29, 1.82) is 0 Å². The number of anilines is 2. The van der Waals surface area contributed by atoms with Crippen LogP contribution in [0.4, 0.5) is 17.3 Å². The van der Waals surface area contributed by atoms with Crippen molar-refractivity contribution in [3.8, 4) is 0 Å². The number of nitro groups is 1. The van der Waals surface area contributed by atoms with Gasteiger partial charge in [0.2, 0.25) is 11.8 Å². The highest BCUT2D eigenvalue weighted by molar-refractivity contribution is 6.04. The zero-order chi connectivity index (χ0) is 14.9. The molecule has 2 rings (SSSR count). The third-order valence-electron chi connectivity index (χ3n) is 2.96. The molecule has 0 aliphatic carbocycles. The molecule has 20 heavy (non-hydrogen) atoms. The zero-order valence-corrected chi connectivity index (χ0v) is 10.7. The first-order valence-corrected chi connectivity index (χ1v) is 5.94. The van der Waals surface area contributed by atoms with Gasteiger partial charge in [-0.2, -0.15) is 0 Å². The molecule has 9 heteroatoms. The monoisotopic (exact) mass is 279 g/mol. The molecule has 9 nitrogen and oxygen atoms in total. The lowest BCUT2D eigenvalue weighted by Gasteiger charge is -2.34. The third-order valence-corrected chi connectivity index (χ3v) is 2.96. The van der Waals surface area contributed by atoms with E-state index in [2.05, 4.69) is 10.3 Å². The minimum Gasteiger partial charge on any atom is -0.383 e. The van der Waals surface area contributed by atoms with Crippen LogP contribution in [-0.2, 0) is 9.59 Å². The van der Waals surface area contributed by atoms with E-state index in [0.29, 0.717) is 6.42 Å². The number of rotatable bonds is 3. The van der Waals surface area contributed by atoms with Gasteiger partial charge in [0.25, 0.3) is 5.69 Å². The van der Waals surface area contributed by atoms with Crippen LogP contribution < -0.4 is 16.0 Å². The summed E-state index contributed by atoms with van der Waals surface area (Å²) in [5, 5.41) is 13.0. The average Bonchev–Trinajstić information content (AvgIpc) is 2.37. The molecule has 1 aliphatic heterocycles. The van der Waals surface area contributed by atoms with Gasteiger partial charge in [-0.25, -0.2) is 4.98 Å². The summed E-state index contributed by atoms with van der Waals surface area (Å²) in [7, 11) is 0. The van der Waals surface area contributed by atoms with Crippen LogP contribution in [0, 0.1) is 10.1 Å². The van der Waals surface area contributed by atoms with Crippen LogP contribution in [0.5, 0.6) is 0 Å². The number of pyridine rings is 1. The molecule has 2 amide bonds. The van der Waals surface area contributed by atoms with Gasteiger partial charge in [0.1, 0.15) is 17.7 Å². The molecule has 0 spiro atoms. The van der Waals surface area contributed by atoms with E-state index in [1.807, 2.05) is 0 Å². The van der Waals surface area contributed by atoms with E-state index in [0.717, 1.165) is 6.07 Å². The van der Waals surface area contributed by atoms with Gasteiger partial charge in [0.15, 0.2) is 0 Å². The number of nitrogens with one attached hydrogen (secondary N) is 1. The minimum absolute atomic E-state index is 0.0394. The van der Waals surface area contributed by atoms with Crippen molar-refractivity contribution in [3.05, 3.63) is 22.2 Å². The normalized spacial score (nSPS) is 18.9. The number of hydrogen-bond donors (Lipinski definition) is 2. The summed E-state index contributed by atoms with van der Waals surface area (Å²) in [6, 6.07) is 1.71. The molecule has 2 heterocycles. The second-order valence-corrected chi connectivity index (χ2v) is 4.33. The lowest BCUT2D eigenvalue weighted by Crippen LogP contribution is -2.58. The number of hydrogen-bond acceptors (Lipinski definition) is 7. The molecule has 1 aliphatic rings. The number of nitrogen functional groups attached to an aromatic ring is 1. The summed E-state index contributed by atoms with van der Waals surface area (Å²) < 4.78 is 0. The molecule has 0 aromatic carbocycles. The van der Waals surface area contributed by atoms with Crippen molar-refractivity contribution >= 4 is 29.1 Å². The first-order chi connectivity index (χ1) is 9.42. The fraction of sp³-hybridized carbons (Fsp3) is 0.364. The molecule has 1 saturated heterocycles. The summed E-state index contributed by atoms with van der Waals surface area (Å²) in [5.41, 5.74) is 5.30. The van der Waals surface area contributed by atoms with Crippen LogP contribution in [0.2, 0.25) is 0 Å². The molecule has 0 radical (unpaired) electrons. The number of carbonyl (C=O) groups excluding carboxylic acids is 2. The molecule has 1 unspecified atom stereocenters. The Labute approximate surface area is 113 Å². The van der Waals surface area contributed by atoms with E-state index in [1.54, 1.807) is 6.92 Å². The number of amides is 2. The van der Waals surface area contributed by atoms with Crippen molar-refractivity contribution in [2.45, 2.75) is 19.4 Å². The van der Waals surface area contributed by atoms with Gasteiger partial charge in [-0.15, -0.1) is 0 Å². The minimum atomic E-state index is -0.610. The Balaban J connectivity index is 2.44. The largest absolute Gasteiger partial charge is 0.383 e. The number of carbonyl (C=O) groups is 2. The fourth-order valence-electron chi connectivity index (χ4n) is 2.09. The van der Waals surface area contributed by atoms with Crippen molar-refractivity contribution in [1.82, 2.24) is 10.3 Å². The Morgan fingerprint density at radius 1 is 1.55 bits per heavy atom. The highest BCUT2D eigenvalue weighted by Gasteiger charge is 2.34. The Morgan fingerprint density at radius 3 is 2.85 bits per heavy atom. The summed E-state index contributed by atoms with van der Waals surface area (Å²) in [5.74, 6) is -0.823. The van der Waals surface area contributed by atoms with Gasteiger partial charge in [-0.3, -0.25) is 25.0 Å². The lowest BCUT2D eigenvalue weighted by atomic mass is 10.1. The lowest BCUT2D eigenvalue weighted by molar-refractivity contribution is -0.384. The maximum Gasteiger partial charge on any atom is 0.276 e. The smallest absolute Gasteiger partial charge is 0.276 e. The summed E-state index contributed by atoms with van der Waals surface area (Å²) >= 11 is 0. The van der Waals surface area contributed by atoms with Gasteiger partial charge >= 0.3 is 0 Å².